The van der Waals surface area contributed by atoms with Crippen molar-refractivity contribution in [2.75, 3.05) is 26.4 Å². The molecule has 0 aromatic carbocycles. The minimum atomic E-state index is 0.123. The maximum Gasteiger partial charge on any atom is 0.0806 e. The van der Waals surface area contributed by atoms with Gasteiger partial charge in [0.2, 0.25) is 0 Å². The van der Waals surface area contributed by atoms with Gasteiger partial charge in [0.15, 0.2) is 0 Å². The molecule has 2 aliphatic carbocycles. The van der Waals surface area contributed by atoms with Crippen molar-refractivity contribution in [3.63, 3.8) is 0 Å². The zero-order chi connectivity index (χ0) is 13.1. The molecule has 1 saturated heterocycles. The number of ether oxygens (including phenoxy) is 2. The smallest absolute Gasteiger partial charge is 0.0806 e. The van der Waals surface area contributed by atoms with E-state index in [1.54, 1.807) is 0 Å². The van der Waals surface area contributed by atoms with Crippen molar-refractivity contribution in [3.05, 3.63) is 0 Å². The molecule has 0 aromatic heterocycles. The van der Waals surface area contributed by atoms with Crippen LogP contribution in [0.4, 0.5) is 0 Å². The van der Waals surface area contributed by atoms with Gasteiger partial charge in [0.1, 0.15) is 0 Å². The molecule has 3 nitrogen and oxygen atoms in total. The number of hydrogen-bond acceptors (Lipinski definition) is 3. The van der Waals surface area contributed by atoms with Gasteiger partial charge < -0.3 is 14.8 Å². The Hall–Kier alpha value is -0.120. The van der Waals surface area contributed by atoms with Crippen LogP contribution in [0.5, 0.6) is 0 Å². The molecule has 3 fully saturated rings. The topological polar surface area (TPSA) is 30.5 Å². The Balaban J connectivity index is 1.51. The van der Waals surface area contributed by atoms with Gasteiger partial charge in [0.25, 0.3) is 0 Å². The van der Waals surface area contributed by atoms with E-state index in [4.69, 9.17) is 9.47 Å². The molecule has 1 atom stereocenters. The molecule has 3 aliphatic rings. The minimum absolute atomic E-state index is 0.123. The van der Waals surface area contributed by atoms with Gasteiger partial charge in [-0.2, -0.15) is 0 Å². The first kappa shape index (κ1) is 13.8. The van der Waals surface area contributed by atoms with E-state index in [9.17, 15) is 0 Å². The highest BCUT2D eigenvalue weighted by molar-refractivity contribution is 4.92. The molecule has 1 aliphatic heterocycles. The Kier molecular flexibility index (Phi) is 4.45. The standard InChI is InChI=1S/C16H29NO2/c1-13-4-7-16(8-5-13,12-17-15-2-3-15)19-11-14-6-9-18-10-14/h13-15,17H,2-12H2,1H3. The Morgan fingerprint density at radius 3 is 2.58 bits per heavy atom. The lowest BCUT2D eigenvalue weighted by Gasteiger charge is -2.40. The SMILES string of the molecule is CC1CCC(CNC2CC2)(OCC2CCOC2)CC1. The molecule has 110 valence electrons. The van der Waals surface area contributed by atoms with Crippen molar-refractivity contribution in [1.82, 2.24) is 5.32 Å². The second kappa shape index (κ2) is 6.11. The third-order valence-corrected chi connectivity index (χ3v) is 5.12. The summed E-state index contributed by atoms with van der Waals surface area (Å²) < 4.78 is 11.9. The van der Waals surface area contributed by atoms with Crippen LogP contribution in [-0.4, -0.2) is 38.0 Å². The van der Waals surface area contributed by atoms with E-state index in [0.29, 0.717) is 5.92 Å². The summed E-state index contributed by atoms with van der Waals surface area (Å²) in [6.45, 7) is 6.18. The fourth-order valence-corrected chi connectivity index (χ4v) is 3.29. The van der Waals surface area contributed by atoms with E-state index in [1.165, 1.54) is 44.9 Å². The van der Waals surface area contributed by atoms with E-state index >= 15 is 0 Å². The van der Waals surface area contributed by atoms with Crippen LogP contribution >= 0.6 is 0 Å². The Morgan fingerprint density at radius 2 is 1.95 bits per heavy atom. The van der Waals surface area contributed by atoms with E-state index in [2.05, 4.69) is 12.2 Å². The molecule has 0 radical (unpaired) electrons. The molecule has 0 spiro atoms. The zero-order valence-corrected chi connectivity index (χ0v) is 12.3. The maximum absolute atomic E-state index is 6.44. The van der Waals surface area contributed by atoms with Crippen LogP contribution in [0.2, 0.25) is 0 Å². The summed E-state index contributed by atoms with van der Waals surface area (Å²) in [7, 11) is 0. The number of rotatable bonds is 6. The van der Waals surface area contributed by atoms with Gasteiger partial charge in [0.05, 0.1) is 18.8 Å². The third-order valence-electron chi connectivity index (χ3n) is 5.12. The highest BCUT2D eigenvalue weighted by Gasteiger charge is 2.37. The second-order valence-corrected chi connectivity index (χ2v) is 7.06. The van der Waals surface area contributed by atoms with Crippen molar-refractivity contribution in [1.29, 1.82) is 0 Å². The van der Waals surface area contributed by atoms with Crippen molar-refractivity contribution in [2.45, 2.75) is 63.5 Å². The summed E-state index contributed by atoms with van der Waals surface area (Å²) in [5.74, 6) is 1.52. The molecular formula is C16H29NO2. The fourth-order valence-electron chi connectivity index (χ4n) is 3.29. The molecule has 19 heavy (non-hydrogen) atoms. The monoisotopic (exact) mass is 267 g/mol. The van der Waals surface area contributed by atoms with Gasteiger partial charge in [-0.25, -0.2) is 0 Å². The molecule has 1 N–H and O–H groups in total. The van der Waals surface area contributed by atoms with E-state index in [1.807, 2.05) is 0 Å². The van der Waals surface area contributed by atoms with Gasteiger partial charge in [0, 0.05) is 25.1 Å². The van der Waals surface area contributed by atoms with Crippen molar-refractivity contribution in [2.24, 2.45) is 11.8 Å². The molecule has 0 aromatic rings. The average Bonchev–Trinajstić information content (AvgIpc) is 3.11. The molecule has 1 heterocycles. The lowest BCUT2D eigenvalue weighted by atomic mass is 9.79. The molecule has 1 unspecified atom stereocenters. The van der Waals surface area contributed by atoms with Crippen LogP contribution in [0.1, 0.15) is 51.9 Å². The first-order chi connectivity index (χ1) is 9.26. The average molecular weight is 267 g/mol. The van der Waals surface area contributed by atoms with Crippen molar-refractivity contribution < 1.29 is 9.47 Å². The summed E-state index contributed by atoms with van der Waals surface area (Å²) in [4.78, 5) is 0. The van der Waals surface area contributed by atoms with Gasteiger partial charge in [-0.05, 0) is 50.9 Å². The van der Waals surface area contributed by atoms with E-state index in [-0.39, 0.29) is 5.60 Å². The van der Waals surface area contributed by atoms with Crippen LogP contribution in [0.3, 0.4) is 0 Å². The van der Waals surface area contributed by atoms with Gasteiger partial charge in [-0.3, -0.25) is 0 Å². The van der Waals surface area contributed by atoms with Crippen LogP contribution in [0, 0.1) is 11.8 Å². The van der Waals surface area contributed by atoms with Crippen molar-refractivity contribution >= 4 is 0 Å². The quantitative estimate of drug-likeness (QED) is 0.802. The zero-order valence-electron chi connectivity index (χ0n) is 12.3. The molecule has 0 bridgehead atoms. The van der Waals surface area contributed by atoms with Crippen molar-refractivity contribution in [3.8, 4) is 0 Å². The summed E-state index contributed by atoms with van der Waals surface area (Å²) in [6.07, 6.45) is 9.04. The first-order valence-corrected chi connectivity index (χ1v) is 8.21. The van der Waals surface area contributed by atoms with Crippen LogP contribution < -0.4 is 5.32 Å². The lowest BCUT2D eigenvalue weighted by molar-refractivity contribution is -0.0879. The number of hydrogen-bond donors (Lipinski definition) is 1. The summed E-state index contributed by atoms with van der Waals surface area (Å²) >= 11 is 0. The number of nitrogens with one attached hydrogen (secondary N) is 1. The van der Waals surface area contributed by atoms with E-state index < -0.39 is 0 Å². The van der Waals surface area contributed by atoms with E-state index in [0.717, 1.165) is 38.3 Å². The minimum Gasteiger partial charge on any atom is -0.381 e. The highest BCUT2D eigenvalue weighted by Crippen LogP contribution is 2.36. The highest BCUT2D eigenvalue weighted by atomic mass is 16.5. The molecular weight excluding hydrogens is 238 g/mol. The first-order valence-electron chi connectivity index (χ1n) is 8.21. The fraction of sp³-hybridized carbons (Fsp3) is 1.00. The van der Waals surface area contributed by atoms with Gasteiger partial charge in [-0.1, -0.05) is 6.92 Å². The third kappa shape index (κ3) is 3.93. The molecule has 0 amide bonds. The Bertz CT molecular complexity index is 276. The second-order valence-electron chi connectivity index (χ2n) is 7.06. The van der Waals surface area contributed by atoms with Crippen LogP contribution in [-0.2, 0) is 9.47 Å². The Morgan fingerprint density at radius 1 is 1.16 bits per heavy atom. The van der Waals surface area contributed by atoms with Gasteiger partial charge >= 0.3 is 0 Å². The van der Waals surface area contributed by atoms with Gasteiger partial charge in [-0.15, -0.1) is 0 Å². The molecule has 3 rings (SSSR count). The lowest BCUT2D eigenvalue weighted by Crippen LogP contribution is -2.47. The maximum atomic E-state index is 6.44. The summed E-state index contributed by atoms with van der Waals surface area (Å²) in [5, 5.41) is 3.70. The molecule has 3 heteroatoms. The normalized spacial score (nSPS) is 39.6. The molecule has 2 saturated carbocycles. The summed E-state index contributed by atoms with van der Waals surface area (Å²) in [6, 6.07) is 0.787. The summed E-state index contributed by atoms with van der Waals surface area (Å²) in [5.41, 5.74) is 0.123. The Labute approximate surface area is 117 Å². The van der Waals surface area contributed by atoms with Crippen LogP contribution in [0.15, 0.2) is 0 Å². The largest absolute Gasteiger partial charge is 0.381 e. The predicted octanol–water partition coefficient (Wildman–Crippen LogP) is 2.74. The predicted molar refractivity (Wildman–Crippen MR) is 76.3 cm³/mol. The van der Waals surface area contributed by atoms with Crippen LogP contribution in [0.25, 0.3) is 0 Å².